The van der Waals surface area contributed by atoms with Gasteiger partial charge in [0.05, 0.1) is 11.8 Å². The maximum absolute atomic E-state index is 14.3. The Balaban J connectivity index is 1.49. The lowest BCUT2D eigenvalue weighted by atomic mass is 9.84. The molecule has 3 heterocycles. The Morgan fingerprint density at radius 2 is 1.79 bits per heavy atom. The number of para-hydroxylation sites is 1. The van der Waals surface area contributed by atoms with Crippen LogP contribution in [0.1, 0.15) is 51.5 Å². The van der Waals surface area contributed by atoms with Crippen LogP contribution in [0.4, 0.5) is 26.4 Å². The molecule has 1 aromatic carbocycles. The lowest BCUT2D eigenvalue weighted by Gasteiger charge is -2.33. The van der Waals surface area contributed by atoms with Crippen LogP contribution in [0.5, 0.6) is 0 Å². The van der Waals surface area contributed by atoms with Crippen LogP contribution in [0.3, 0.4) is 0 Å². The van der Waals surface area contributed by atoms with Crippen LogP contribution in [0.2, 0.25) is 0 Å². The van der Waals surface area contributed by atoms with E-state index < -0.39 is 17.2 Å². The molecule has 10 heteroatoms. The number of aliphatic hydroxyl groups is 1. The van der Waals surface area contributed by atoms with E-state index in [-0.39, 0.29) is 17.8 Å². The van der Waals surface area contributed by atoms with Crippen LogP contribution < -0.4 is 10.6 Å². The molecule has 3 aromatic rings. The third-order valence-corrected chi connectivity index (χ3v) is 6.58. The van der Waals surface area contributed by atoms with Crippen molar-refractivity contribution in [3.8, 4) is 0 Å². The molecule has 1 aliphatic heterocycles. The fourth-order valence-electron chi connectivity index (χ4n) is 4.63. The number of ether oxygens (including phenoxy) is 1. The van der Waals surface area contributed by atoms with E-state index >= 15 is 0 Å². The number of rotatable bonds is 5. The topological polar surface area (TPSA) is 97.1 Å². The summed E-state index contributed by atoms with van der Waals surface area (Å²) in [6, 6.07) is 3.93. The summed E-state index contributed by atoms with van der Waals surface area (Å²) in [5.41, 5.74) is 0.272. The van der Waals surface area contributed by atoms with E-state index in [1.54, 1.807) is 6.20 Å². The highest BCUT2D eigenvalue weighted by Crippen LogP contribution is 2.33. The number of imidazole rings is 1. The van der Waals surface area contributed by atoms with Gasteiger partial charge in [-0.2, -0.15) is 4.98 Å². The lowest BCUT2D eigenvalue weighted by molar-refractivity contribution is 0.0195. The van der Waals surface area contributed by atoms with Crippen molar-refractivity contribution in [3.05, 3.63) is 36.0 Å². The zero-order valence-electron chi connectivity index (χ0n) is 18.5. The summed E-state index contributed by atoms with van der Waals surface area (Å²) < 4.78 is 36.1. The number of halogens is 2. The van der Waals surface area contributed by atoms with Crippen molar-refractivity contribution >= 4 is 28.7 Å². The van der Waals surface area contributed by atoms with Crippen LogP contribution in [-0.2, 0) is 4.74 Å². The van der Waals surface area contributed by atoms with Crippen molar-refractivity contribution in [3.63, 3.8) is 0 Å². The molecule has 0 amide bonds. The number of anilines is 3. The number of nitrogens with one attached hydrogen (secondary N) is 2. The van der Waals surface area contributed by atoms with E-state index in [0.29, 0.717) is 36.3 Å². The van der Waals surface area contributed by atoms with Crippen LogP contribution in [0.15, 0.2) is 24.4 Å². The summed E-state index contributed by atoms with van der Waals surface area (Å²) in [6.07, 6.45) is 6.20. The van der Waals surface area contributed by atoms with Crippen molar-refractivity contribution < 1.29 is 18.6 Å². The van der Waals surface area contributed by atoms with Gasteiger partial charge in [-0.05, 0) is 57.6 Å². The zero-order valence-corrected chi connectivity index (χ0v) is 18.5. The molecule has 2 aliphatic rings. The molecule has 3 N–H and O–H groups in total. The lowest BCUT2D eigenvalue weighted by Crippen LogP contribution is -2.36. The van der Waals surface area contributed by atoms with Crippen molar-refractivity contribution in [1.29, 1.82) is 0 Å². The quantitative estimate of drug-likeness (QED) is 0.524. The maximum Gasteiger partial charge on any atom is 0.224 e. The summed E-state index contributed by atoms with van der Waals surface area (Å²) in [4.78, 5) is 13.7. The molecular weight excluding hydrogens is 430 g/mol. The Bertz CT molecular complexity index is 1120. The first-order valence-corrected chi connectivity index (χ1v) is 11.4. The van der Waals surface area contributed by atoms with Crippen molar-refractivity contribution in [2.75, 3.05) is 23.8 Å². The SMILES string of the molecule is CC1(O)CCC(Nc2ncc3nc(Nc4c(F)cccc4F)n(C4CCOCC4)c3n2)CC1. The van der Waals surface area contributed by atoms with Crippen LogP contribution in [-0.4, -0.2) is 49.5 Å². The monoisotopic (exact) mass is 458 g/mol. The number of benzene rings is 1. The molecule has 0 spiro atoms. The van der Waals surface area contributed by atoms with E-state index in [9.17, 15) is 13.9 Å². The summed E-state index contributed by atoms with van der Waals surface area (Å²) in [5, 5.41) is 16.4. The maximum atomic E-state index is 14.3. The van der Waals surface area contributed by atoms with Crippen LogP contribution in [0, 0.1) is 11.6 Å². The molecule has 33 heavy (non-hydrogen) atoms. The van der Waals surface area contributed by atoms with Gasteiger partial charge in [-0.15, -0.1) is 0 Å². The van der Waals surface area contributed by atoms with Crippen LogP contribution in [0.25, 0.3) is 11.2 Å². The van der Waals surface area contributed by atoms with E-state index in [0.717, 1.165) is 38.5 Å². The number of fused-ring (bicyclic) bond motifs is 1. The van der Waals surface area contributed by atoms with E-state index in [2.05, 4.69) is 20.6 Å². The second-order valence-corrected chi connectivity index (χ2v) is 9.19. The van der Waals surface area contributed by atoms with Gasteiger partial charge < -0.3 is 20.5 Å². The predicted molar refractivity (Wildman–Crippen MR) is 121 cm³/mol. The average molecular weight is 459 g/mol. The number of aromatic nitrogens is 4. The highest BCUT2D eigenvalue weighted by molar-refractivity contribution is 5.76. The Hall–Kier alpha value is -2.85. The summed E-state index contributed by atoms with van der Waals surface area (Å²) in [5.74, 6) is -0.587. The largest absolute Gasteiger partial charge is 0.390 e. The van der Waals surface area contributed by atoms with Gasteiger partial charge in [0.1, 0.15) is 22.8 Å². The minimum absolute atomic E-state index is 0.0219. The average Bonchev–Trinajstić information content (AvgIpc) is 3.16. The number of nitrogens with zero attached hydrogens (tertiary/aromatic N) is 4. The first-order valence-electron chi connectivity index (χ1n) is 11.4. The molecule has 0 bridgehead atoms. The molecule has 0 atom stereocenters. The summed E-state index contributed by atoms with van der Waals surface area (Å²) in [6.45, 7) is 3.05. The highest BCUT2D eigenvalue weighted by atomic mass is 19.1. The molecular formula is C23H28F2N6O2. The van der Waals surface area contributed by atoms with Crippen molar-refractivity contribution in [2.45, 2.75) is 63.1 Å². The Morgan fingerprint density at radius 3 is 2.48 bits per heavy atom. The summed E-state index contributed by atoms with van der Waals surface area (Å²) >= 11 is 0. The second kappa shape index (κ2) is 8.83. The molecule has 0 radical (unpaired) electrons. The molecule has 2 fully saturated rings. The van der Waals surface area contributed by atoms with Gasteiger partial charge in [0.15, 0.2) is 5.65 Å². The third-order valence-electron chi connectivity index (χ3n) is 6.58. The van der Waals surface area contributed by atoms with Gasteiger partial charge in [-0.3, -0.25) is 4.57 Å². The standard InChI is InChI=1S/C23H28F2N6O2/c1-23(32)9-5-14(6-10-23)27-21-26-13-18-20(30-21)31(15-7-11-33-12-8-15)22(28-18)29-19-16(24)3-2-4-17(19)25/h2-4,13-15,32H,5-12H2,1H3,(H,28,29)(H,26,27,30). The normalized spacial score (nSPS) is 24.2. The van der Waals surface area contributed by atoms with Gasteiger partial charge in [0.25, 0.3) is 0 Å². The summed E-state index contributed by atoms with van der Waals surface area (Å²) in [7, 11) is 0. The van der Waals surface area contributed by atoms with Crippen molar-refractivity contribution in [1.82, 2.24) is 19.5 Å². The Labute approximate surface area is 190 Å². The van der Waals surface area contributed by atoms with Gasteiger partial charge in [-0.25, -0.2) is 18.7 Å². The molecule has 8 nitrogen and oxygen atoms in total. The number of hydrogen-bond donors (Lipinski definition) is 3. The first-order chi connectivity index (χ1) is 15.9. The van der Waals surface area contributed by atoms with Crippen LogP contribution >= 0.6 is 0 Å². The van der Waals surface area contributed by atoms with Gasteiger partial charge >= 0.3 is 0 Å². The molecule has 0 unspecified atom stereocenters. The molecule has 1 saturated carbocycles. The Kier molecular flexibility index (Phi) is 5.88. The smallest absolute Gasteiger partial charge is 0.224 e. The van der Waals surface area contributed by atoms with E-state index in [1.807, 2.05) is 11.5 Å². The second-order valence-electron chi connectivity index (χ2n) is 9.19. The zero-order chi connectivity index (χ0) is 23.0. The third kappa shape index (κ3) is 4.63. The van der Waals surface area contributed by atoms with Crippen molar-refractivity contribution in [2.24, 2.45) is 0 Å². The van der Waals surface area contributed by atoms with Gasteiger partial charge in [0, 0.05) is 25.3 Å². The van der Waals surface area contributed by atoms with Gasteiger partial charge in [0.2, 0.25) is 11.9 Å². The molecule has 176 valence electrons. The fourth-order valence-corrected chi connectivity index (χ4v) is 4.63. The minimum atomic E-state index is -0.692. The predicted octanol–water partition coefficient (Wildman–Crippen LogP) is 4.31. The van der Waals surface area contributed by atoms with Gasteiger partial charge in [-0.1, -0.05) is 6.07 Å². The fraction of sp³-hybridized carbons (Fsp3) is 0.522. The molecule has 1 saturated heterocycles. The minimum Gasteiger partial charge on any atom is -0.390 e. The highest BCUT2D eigenvalue weighted by Gasteiger charge is 2.29. The first kappa shape index (κ1) is 22.0. The Morgan fingerprint density at radius 1 is 1.09 bits per heavy atom. The molecule has 2 aromatic heterocycles. The molecule has 1 aliphatic carbocycles. The number of hydrogen-bond acceptors (Lipinski definition) is 7. The molecule has 5 rings (SSSR count). The van der Waals surface area contributed by atoms with E-state index in [1.165, 1.54) is 18.2 Å². The van der Waals surface area contributed by atoms with E-state index in [4.69, 9.17) is 9.72 Å².